The molecule has 6 nitrogen and oxygen atoms in total. The van der Waals surface area contributed by atoms with E-state index in [0.29, 0.717) is 40.0 Å². The summed E-state index contributed by atoms with van der Waals surface area (Å²) in [4.78, 5) is 11.7. The van der Waals surface area contributed by atoms with Crippen LogP contribution in [0.4, 0.5) is 5.69 Å². The number of methoxy groups -OCH3 is 1. The highest BCUT2D eigenvalue weighted by atomic mass is 35.5. The van der Waals surface area contributed by atoms with Crippen LogP contribution in [0.2, 0.25) is 10.0 Å². The number of para-hydroxylation sites is 1. The number of carbonyl (C=O) groups is 1. The molecule has 0 aliphatic carbocycles. The van der Waals surface area contributed by atoms with Crippen LogP contribution in [-0.4, -0.2) is 36.4 Å². The second kappa shape index (κ2) is 12.8. The number of nitrogens with one attached hydrogen (secondary N) is 1. The van der Waals surface area contributed by atoms with E-state index in [4.69, 9.17) is 33.7 Å². The first kappa shape index (κ1) is 25.3. The van der Waals surface area contributed by atoms with Crippen molar-refractivity contribution < 1.29 is 19.7 Å². The molecule has 0 amide bonds. The maximum Gasteiger partial charge on any atom is 0.311 e. The zero-order chi connectivity index (χ0) is 22.8. The van der Waals surface area contributed by atoms with Gasteiger partial charge in [0.15, 0.2) is 0 Å². The third kappa shape index (κ3) is 7.58. The lowest BCUT2D eigenvalue weighted by molar-refractivity contribution is -0.139. The lowest BCUT2D eigenvalue weighted by atomic mass is 9.92. The van der Waals surface area contributed by atoms with Crippen molar-refractivity contribution in [3.05, 3.63) is 57.6 Å². The van der Waals surface area contributed by atoms with Crippen LogP contribution in [0.25, 0.3) is 0 Å². The van der Waals surface area contributed by atoms with E-state index in [-0.39, 0.29) is 0 Å². The molecule has 0 aromatic heterocycles. The molecule has 2 aromatic carbocycles. The Hall–Kier alpha value is -1.99. The van der Waals surface area contributed by atoms with E-state index in [0.717, 1.165) is 37.8 Å². The number of nitrogen functional groups attached to an aromatic ring is 1. The van der Waals surface area contributed by atoms with Crippen LogP contribution in [0.3, 0.4) is 0 Å². The number of hydrogen-bond donors (Lipinski definition) is 4. The molecule has 0 fully saturated rings. The van der Waals surface area contributed by atoms with Gasteiger partial charge in [0.25, 0.3) is 0 Å². The summed E-state index contributed by atoms with van der Waals surface area (Å²) < 4.78 is 5.31. The Morgan fingerprint density at radius 2 is 1.77 bits per heavy atom. The van der Waals surface area contributed by atoms with Gasteiger partial charge in [-0.05, 0) is 43.1 Å². The molecule has 0 saturated carbocycles. The minimum atomic E-state index is -0.831. The fourth-order valence-corrected chi connectivity index (χ4v) is 3.98. The molecule has 0 radical (unpaired) electrons. The summed E-state index contributed by atoms with van der Waals surface area (Å²) in [5.41, 5.74) is 7.36. The molecule has 0 aliphatic rings. The number of benzene rings is 2. The van der Waals surface area contributed by atoms with Gasteiger partial charge in [-0.25, -0.2) is 0 Å². The lowest BCUT2D eigenvalue weighted by Crippen LogP contribution is -2.22. The van der Waals surface area contributed by atoms with Crippen molar-refractivity contribution in [1.82, 2.24) is 5.32 Å². The van der Waals surface area contributed by atoms with Crippen LogP contribution < -0.4 is 15.8 Å². The maximum atomic E-state index is 11.7. The Balaban J connectivity index is 1.67. The molecule has 2 atom stereocenters. The van der Waals surface area contributed by atoms with Crippen LogP contribution in [0.5, 0.6) is 5.75 Å². The van der Waals surface area contributed by atoms with E-state index in [9.17, 15) is 15.0 Å². The van der Waals surface area contributed by atoms with Gasteiger partial charge in [-0.2, -0.15) is 0 Å². The van der Waals surface area contributed by atoms with Gasteiger partial charge in [0.1, 0.15) is 5.75 Å². The summed E-state index contributed by atoms with van der Waals surface area (Å²) in [5, 5.41) is 23.8. The number of nitrogens with two attached hydrogens (primary N) is 1. The molecule has 0 heterocycles. The van der Waals surface area contributed by atoms with Crippen molar-refractivity contribution >= 4 is 34.9 Å². The highest BCUT2D eigenvalue weighted by Gasteiger charge is 2.22. The van der Waals surface area contributed by atoms with E-state index < -0.39 is 18.0 Å². The number of anilines is 1. The zero-order valence-corrected chi connectivity index (χ0v) is 19.1. The average Bonchev–Trinajstić information content (AvgIpc) is 2.75. The monoisotopic (exact) mass is 468 g/mol. The van der Waals surface area contributed by atoms with Gasteiger partial charge in [0.2, 0.25) is 0 Å². The van der Waals surface area contributed by atoms with Gasteiger partial charge in [-0.15, -0.1) is 0 Å². The number of halogens is 2. The van der Waals surface area contributed by atoms with Crippen LogP contribution in [0.15, 0.2) is 36.4 Å². The van der Waals surface area contributed by atoms with E-state index in [2.05, 4.69) is 5.32 Å². The number of hydrogen-bond acceptors (Lipinski definition) is 5. The molecular weight excluding hydrogens is 439 g/mol. The number of ether oxygens (including phenoxy) is 1. The van der Waals surface area contributed by atoms with E-state index in [1.807, 2.05) is 18.2 Å². The second-order valence-corrected chi connectivity index (χ2v) is 8.27. The smallest absolute Gasteiger partial charge is 0.311 e. The van der Waals surface area contributed by atoms with Crippen LogP contribution in [-0.2, 0) is 4.79 Å². The van der Waals surface area contributed by atoms with Crippen molar-refractivity contribution in [2.24, 2.45) is 0 Å². The Bertz CT molecular complexity index is 840. The van der Waals surface area contributed by atoms with Crippen LogP contribution in [0.1, 0.15) is 55.3 Å². The van der Waals surface area contributed by atoms with Gasteiger partial charge in [0, 0.05) is 12.1 Å². The third-order valence-electron chi connectivity index (χ3n) is 5.23. The van der Waals surface area contributed by atoms with Gasteiger partial charge < -0.3 is 26.0 Å². The molecule has 0 spiro atoms. The van der Waals surface area contributed by atoms with E-state index in [1.165, 1.54) is 0 Å². The predicted molar refractivity (Wildman–Crippen MR) is 125 cm³/mol. The fraction of sp³-hybridized carbons (Fsp3) is 0.435. The molecule has 31 heavy (non-hydrogen) atoms. The van der Waals surface area contributed by atoms with Gasteiger partial charge >= 0.3 is 5.97 Å². The predicted octanol–water partition coefficient (Wildman–Crippen LogP) is 5.03. The van der Waals surface area contributed by atoms with Gasteiger partial charge in [0.05, 0.1) is 34.9 Å². The highest BCUT2D eigenvalue weighted by molar-refractivity contribution is 6.38. The second-order valence-electron chi connectivity index (χ2n) is 7.45. The summed E-state index contributed by atoms with van der Waals surface area (Å²) >= 11 is 12.0. The van der Waals surface area contributed by atoms with Crippen molar-refractivity contribution in [3.8, 4) is 5.75 Å². The Morgan fingerprint density at radius 3 is 2.42 bits per heavy atom. The first-order chi connectivity index (χ1) is 14.8. The van der Waals surface area contributed by atoms with Crippen LogP contribution >= 0.6 is 23.2 Å². The number of carboxylic acids is 1. The molecule has 0 aliphatic heterocycles. The molecule has 2 rings (SSSR count). The first-order valence-corrected chi connectivity index (χ1v) is 11.1. The SMILES string of the molecule is COc1ccccc1C(CCCCCCNCC(O)c1cc(Cl)c(N)c(Cl)c1)C(=O)O. The van der Waals surface area contributed by atoms with E-state index in [1.54, 1.807) is 25.3 Å². The number of unbranched alkanes of at least 4 members (excludes halogenated alkanes) is 3. The van der Waals surface area contributed by atoms with Crippen LogP contribution in [0, 0.1) is 0 Å². The lowest BCUT2D eigenvalue weighted by Gasteiger charge is -2.16. The Labute approximate surface area is 193 Å². The molecule has 2 unspecified atom stereocenters. The minimum absolute atomic E-state index is 0.308. The summed E-state index contributed by atoms with van der Waals surface area (Å²) in [5.74, 6) is -0.785. The summed E-state index contributed by atoms with van der Waals surface area (Å²) in [6.45, 7) is 1.13. The summed E-state index contributed by atoms with van der Waals surface area (Å²) in [7, 11) is 1.55. The summed E-state index contributed by atoms with van der Waals surface area (Å²) in [6, 6.07) is 10.5. The molecule has 0 bridgehead atoms. The maximum absolute atomic E-state index is 11.7. The standard InChI is InChI=1S/C23H30Cl2N2O4/c1-31-21-10-6-5-8-16(21)17(23(29)30)9-4-2-3-7-11-27-14-20(28)15-12-18(24)22(26)19(25)13-15/h5-6,8,10,12-13,17,20,27-28H,2-4,7,9,11,14,26H2,1H3,(H,29,30). The molecule has 0 saturated heterocycles. The number of aliphatic carboxylic acids is 1. The van der Waals surface area contributed by atoms with Gasteiger partial charge in [-0.3, -0.25) is 4.79 Å². The molecule has 170 valence electrons. The molecule has 2 aromatic rings. The van der Waals surface area contributed by atoms with Crippen molar-refractivity contribution in [2.45, 2.75) is 44.1 Å². The largest absolute Gasteiger partial charge is 0.496 e. The third-order valence-corrected chi connectivity index (χ3v) is 5.86. The number of aliphatic hydroxyl groups excluding tert-OH is 1. The number of carboxylic acid groups (broad SMARTS) is 1. The van der Waals surface area contributed by atoms with Crippen molar-refractivity contribution in [2.75, 3.05) is 25.9 Å². The average molecular weight is 469 g/mol. The molecular formula is C23H30Cl2N2O4. The normalized spacial score (nSPS) is 13.0. The molecule has 8 heteroatoms. The van der Waals surface area contributed by atoms with Crippen molar-refractivity contribution in [3.63, 3.8) is 0 Å². The quantitative estimate of drug-likeness (QED) is 0.242. The zero-order valence-electron chi connectivity index (χ0n) is 17.6. The topological polar surface area (TPSA) is 105 Å². The first-order valence-electron chi connectivity index (χ1n) is 10.3. The Morgan fingerprint density at radius 1 is 1.13 bits per heavy atom. The summed E-state index contributed by atoms with van der Waals surface area (Å²) in [6.07, 6.45) is 3.50. The fourth-order valence-electron chi connectivity index (χ4n) is 3.47. The molecule has 5 N–H and O–H groups in total. The number of rotatable bonds is 13. The highest BCUT2D eigenvalue weighted by Crippen LogP contribution is 2.32. The van der Waals surface area contributed by atoms with E-state index >= 15 is 0 Å². The number of aliphatic hydroxyl groups is 1. The van der Waals surface area contributed by atoms with Gasteiger partial charge in [-0.1, -0.05) is 60.7 Å². The van der Waals surface area contributed by atoms with Crippen molar-refractivity contribution in [1.29, 1.82) is 0 Å². The minimum Gasteiger partial charge on any atom is -0.496 e. The Kier molecular flexibility index (Phi) is 10.4.